The van der Waals surface area contributed by atoms with Crippen LogP contribution in [0.15, 0.2) is 91.0 Å². The molecule has 0 fully saturated rings. The molecular weight excluding hydrogens is 576 g/mol. The lowest BCUT2D eigenvalue weighted by atomic mass is 9.80. The van der Waals surface area contributed by atoms with Gasteiger partial charge in [0.2, 0.25) is 0 Å². The lowest BCUT2D eigenvalue weighted by Crippen LogP contribution is -2.37. The molecule has 47 heavy (non-hydrogen) atoms. The minimum Gasteiger partial charge on any atom is -0.379 e. The predicted molar refractivity (Wildman–Crippen MR) is 200 cm³/mol. The SMILES string of the molecule is CCCCCCCCCCCCOCC(COC(c1ccccc1)(c1ccccc1)c1ccccc1)OCCCCCCCCCC. The number of hydrogen-bond donors (Lipinski definition) is 0. The average molecular weight is 643 g/mol. The van der Waals surface area contributed by atoms with Crippen molar-refractivity contribution in [3.63, 3.8) is 0 Å². The van der Waals surface area contributed by atoms with Crippen LogP contribution in [0.4, 0.5) is 0 Å². The maximum Gasteiger partial charge on any atom is 0.143 e. The summed E-state index contributed by atoms with van der Waals surface area (Å²) >= 11 is 0. The van der Waals surface area contributed by atoms with Crippen LogP contribution in [0.3, 0.4) is 0 Å². The number of ether oxygens (including phenoxy) is 3. The number of hydrogen-bond acceptors (Lipinski definition) is 3. The molecule has 3 nitrogen and oxygen atoms in total. The highest BCUT2D eigenvalue weighted by atomic mass is 16.6. The molecule has 0 saturated carbocycles. The molecule has 3 aromatic carbocycles. The van der Waals surface area contributed by atoms with Crippen LogP contribution in [0.25, 0.3) is 0 Å². The summed E-state index contributed by atoms with van der Waals surface area (Å²) in [4.78, 5) is 0. The van der Waals surface area contributed by atoms with Crippen LogP contribution in [-0.2, 0) is 19.8 Å². The number of benzene rings is 3. The van der Waals surface area contributed by atoms with Gasteiger partial charge in [0, 0.05) is 13.2 Å². The first-order valence-electron chi connectivity index (χ1n) is 19.3. The van der Waals surface area contributed by atoms with E-state index in [1.807, 2.05) is 0 Å². The van der Waals surface area contributed by atoms with Crippen molar-refractivity contribution in [2.24, 2.45) is 0 Å². The van der Waals surface area contributed by atoms with Crippen LogP contribution in [0.2, 0.25) is 0 Å². The quantitative estimate of drug-likeness (QED) is 0.0557. The van der Waals surface area contributed by atoms with Crippen LogP contribution in [0.1, 0.15) is 146 Å². The molecule has 0 N–H and O–H groups in total. The van der Waals surface area contributed by atoms with E-state index in [1.54, 1.807) is 0 Å². The third-order valence-corrected chi connectivity index (χ3v) is 9.32. The van der Waals surface area contributed by atoms with Crippen molar-refractivity contribution in [1.29, 1.82) is 0 Å². The summed E-state index contributed by atoms with van der Waals surface area (Å²) in [7, 11) is 0. The summed E-state index contributed by atoms with van der Waals surface area (Å²) < 4.78 is 20.0. The lowest BCUT2D eigenvalue weighted by molar-refractivity contribution is -0.0923. The van der Waals surface area contributed by atoms with Crippen molar-refractivity contribution < 1.29 is 14.2 Å². The standard InChI is InChI=1S/C44H66O3/c1-3-5-7-9-11-13-14-15-17-28-36-45-38-43(46-37-29-18-16-12-10-8-6-4-2)39-47-44(40-30-22-19-23-31-40,41-32-24-20-25-33-41)42-34-26-21-27-35-42/h19-27,30-35,43H,3-18,28-29,36-39H2,1-2H3. The fourth-order valence-electron chi connectivity index (χ4n) is 6.52. The fourth-order valence-corrected chi connectivity index (χ4v) is 6.52. The van der Waals surface area contributed by atoms with Crippen molar-refractivity contribution in [3.05, 3.63) is 108 Å². The van der Waals surface area contributed by atoms with Crippen LogP contribution < -0.4 is 0 Å². The number of rotatable bonds is 29. The molecule has 0 heterocycles. The van der Waals surface area contributed by atoms with E-state index in [0.29, 0.717) is 13.2 Å². The smallest absolute Gasteiger partial charge is 0.143 e. The van der Waals surface area contributed by atoms with Gasteiger partial charge in [-0.05, 0) is 29.5 Å². The molecule has 3 rings (SSSR count). The van der Waals surface area contributed by atoms with Gasteiger partial charge in [-0.25, -0.2) is 0 Å². The van der Waals surface area contributed by atoms with Gasteiger partial charge in [0.15, 0.2) is 0 Å². The van der Waals surface area contributed by atoms with Crippen LogP contribution >= 0.6 is 0 Å². The molecule has 3 heteroatoms. The summed E-state index contributed by atoms with van der Waals surface area (Å²) in [6.07, 6.45) is 23.5. The number of unbranched alkanes of at least 4 members (excludes halogenated alkanes) is 16. The Labute approximate surface area is 288 Å². The van der Waals surface area contributed by atoms with E-state index < -0.39 is 5.60 Å². The first-order chi connectivity index (χ1) is 23.3. The first-order valence-corrected chi connectivity index (χ1v) is 19.3. The van der Waals surface area contributed by atoms with Gasteiger partial charge in [0.05, 0.1) is 13.2 Å². The molecule has 0 radical (unpaired) electrons. The second-order valence-corrected chi connectivity index (χ2v) is 13.3. The Hall–Kier alpha value is -2.46. The summed E-state index contributed by atoms with van der Waals surface area (Å²) in [6, 6.07) is 31.9. The molecule has 0 aliphatic carbocycles. The summed E-state index contributed by atoms with van der Waals surface area (Å²) in [5, 5.41) is 0. The Morgan fingerprint density at radius 1 is 0.426 bits per heavy atom. The molecular formula is C44H66O3. The molecule has 0 spiro atoms. The average Bonchev–Trinajstić information content (AvgIpc) is 3.12. The van der Waals surface area contributed by atoms with Gasteiger partial charge >= 0.3 is 0 Å². The third-order valence-electron chi connectivity index (χ3n) is 9.32. The topological polar surface area (TPSA) is 27.7 Å². The van der Waals surface area contributed by atoms with E-state index in [4.69, 9.17) is 14.2 Å². The van der Waals surface area contributed by atoms with Gasteiger partial charge in [-0.2, -0.15) is 0 Å². The zero-order chi connectivity index (χ0) is 33.1. The molecule has 1 unspecified atom stereocenters. The molecule has 0 aromatic heterocycles. The molecule has 0 bridgehead atoms. The van der Waals surface area contributed by atoms with Crippen molar-refractivity contribution in [2.45, 2.75) is 141 Å². The maximum absolute atomic E-state index is 7.14. The highest BCUT2D eigenvalue weighted by Gasteiger charge is 2.38. The minimum atomic E-state index is -0.750. The second kappa shape index (κ2) is 25.5. The van der Waals surface area contributed by atoms with Gasteiger partial charge in [-0.15, -0.1) is 0 Å². The molecule has 0 amide bonds. The molecule has 1 atom stereocenters. The second-order valence-electron chi connectivity index (χ2n) is 13.3. The van der Waals surface area contributed by atoms with E-state index in [0.717, 1.165) is 42.7 Å². The Morgan fingerprint density at radius 3 is 1.19 bits per heavy atom. The van der Waals surface area contributed by atoms with E-state index in [1.165, 1.54) is 103 Å². The minimum absolute atomic E-state index is 0.127. The van der Waals surface area contributed by atoms with Crippen molar-refractivity contribution in [3.8, 4) is 0 Å². The van der Waals surface area contributed by atoms with Crippen molar-refractivity contribution >= 4 is 0 Å². The Morgan fingerprint density at radius 2 is 0.787 bits per heavy atom. The van der Waals surface area contributed by atoms with Gasteiger partial charge in [0.1, 0.15) is 11.7 Å². The molecule has 0 aliphatic rings. The molecule has 3 aromatic rings. The van der Waals surface area contributed by atoms with Crippen LogP contribution in [-0.4, -0.2) is 32.5 Å². The monoisotopic (exact) mass is 643 g/mol. The van der Waals surface area contributed by atoms with Gasteiger partial charge in [0.25, 0.3) is 0 Å². The third kappa shape index (κ3) is 15.1. The highest BCUT2D eigenvalue weighted by Crippen LogP contribution is 2.40. The maximum atomic E-state index is 7.14. The van der Waals surface area contributed by atoms with Gasteiger partial charge in [-0.3, -0.25) is 0 Å². The zero-order valence-corrected chi connectivity index (χ0v) is 30.0. The van der Waals surface area contributed by atoms with Crippen molar-refractivity contribution in [2.75, 3.05) is 26.4 Å². The molecule has 0 saturated heterocycles. The molecule has 0 aliphatic heterocycles. The zero-order valence-electron chi connectivity index (χ0n) is 30.0. The largest absolute Gasteiger partial charge is 0.379 e. The Bertz CT molecular complexity index is 1000. The summed E-state index contributed by atoms with van der Waals surface area (Å²) in [5.41, 5.74) is 2.60. The Balaban J connectivity index is 1.60. The Kier molecular flexibility index (Phi) is 21.2. The van der Waals surface area contributed by atoms with Gasteiger partial charge < -0.3 is 14.2 Å². The normalized spacial score (nSPS) is 12.4. The molecule has 260 valence electrons. The van der Waals surface area contributed by atoms with Gasteiger partial charge in [-0.1, -0.05) is 208 Å². The van der Waals surface area contributed by atoms with E-state index in [2.05, 4.69) is 105 Å². The first kappa shape index (κ1) is 39.0. The van der Waals surface area contributed by atoms with E-state index in [-0.39, 0.29) is 6.10 Å². The van der Waals surface area contributed by atoms with Crippen molar-refractivity contribution in [1.82, 2.24) is 0 Å². The van der Waals surface area contributed by atoms with Crippen LogP contribution in [0.5, 0.6) is 0 Å². The highest BCUT2D eigenvalue weighted by molar-refractivity contribution is 5.47. The van der Waals surface area contributed by atoms with E-state index in [9.17, 15) is 0 Å². The summed E-state index contributed by atoms with van der Waals surface area (Å²) in [5.74, 6) is 0. The fraction of sp³-hybridized carbons (Fsp3) is 0.591. The summed E-state index contributed by atoms with van der Waals surface area (Å²) in [6.45, 7) is 7.11. The van der Waals surface area contributed by atoms with Crippen LogP contribution in [0, 0.1) is 0 Å². The van der Waals surface area contributed by atoms with E-state index >= 15 is 0 Å². The predicted octanol–water partition coefficient (Wildman–Crippen LogP) is 12.5. The lowest BCUT2D eigenvalue weighted by Gasteiger charge is -2.37.